The second-order valence-corrected chi connectivity index (χ2v) is 6.87. The lowest BCUT2D eigenvalue weighted by molar-refractivity contribution is -0.274. The second kappa shape index (κ2) is 8.27. The zero-order chi connectivity index (χ0) is 22.0. The number of hydrogen-bond donors (Lipinski definition) is 0. The van der Waals surface area contributed by atoms with Crippen molar-refractivity contribution in [3.05, 3.63) is 88.3 Å². The van der Waals surface area contributed by atoms with Gasteiger partial charge in [0, 0.05) is 24.0 Å². The molecule has 0 amide bonds. The van der Waals surface area contributed by atoms with Gasteiger partial charge in [0.1, 0.15) is 22.9 Å². The van der Waals surface area contributed by atoms with Crippen LogP contribution < -0.4 is 10.3 Å². The fourth-order valence-corrected chi connectivity index (χ4v) is 3.08. The van der Waals surface area contributed by atoms with Crippen LogP contribution in [0.3, 0.4) is 0 Å². The summed E-state index contributed by atoms with van der Waals surface area (Å²) in [6.45, 7) is 0.281. The van der Waals surface area contributed by atoms with E-state index in [1.165, 1.54) is 41.2 Å². The van der Waals surface area contributed by atoms with Gasteiger partial charge >= 0.3 is 6.36 Å². The first-order valence-corrected chi connectivity index (χ1v) is 9.28. The summed E-state index contributed by atoms with van der Waals surface area (Å²) in [7, 11) is 0. The van der Waals surface area contributed by atoms with Crippen LogP contribution in [0, 0.1) is 0 Å². The SMILES string of the molecule is O=c1ccc(-c2nc(-c3ccc(OC(F)(F)F)cc3)co2)cn1Cc1ccnc(Cl)c1. The van der Waals surface area contributed by atoms with E-state index in [2.05, 4.69) is 14.7 Å². The molecule has 10 heteroatoms. The van der Waals surface area contributed by atoms with E-state index in [0.717, 1.165) is 5.56 Å². The van der Waals surface area contributed by atoms with Crippen LogP contribution in [-0.2, 0) is 6.54 Å². The molecule has 6 nitrogen and oxygen atoms in total. The standard InChI is InChI=1S/C21H13ClF3N3O3/c22-18-9-13(7-8-26-18)10-28-11-15(3-6-19(28)29)20-27-17(12-30-20)14-1-4-16(5-2-14)31-21(23,24)25/h1-9,11-12H,10H2. The Morgan fingerprint density at radius 3 is 2.52 bits per heavy atom. The zero-order valence-corrected chi connectivity index (χ0v) is 16.4. The topological polar surface area (TPSA) is 70.2 Å². The number of rotatable bonds is 5. The Balaban J connectivity index is 1.57. The molecule has 0 aliphatic heterocycles. The Morgan fingerprint density at radius 2 is 1.81 bits per heavy atom. The van der Waals surface area contributed by atoms with E-state index in [-0.39, 0.29) is 23.7 Å². The summed E-state index contributed by atoms with van der Waals surface area (Å²) in [5.41, 5.74) is 2.11. The van der Waals surface area contributed by atoms with Crippen molar-refractivity contribution in [3.63, 3.8) is 0 Å². The number of alkyl halides is 3. The van der Waals surface area contributed by atoms with Gasteiger partial charge in [-0.05, 0) is 48.0 Å². The van der Waals surface area contributed by atoms with Crippen molar-refractivity contribution in [1.82, 2.24) is 14.5 Å². The Hall–Kier alpha value is -3.59. The van der Waals surface area contributed by atoms with Gasteiger partial charge in [-0.2, -0.15) is 0 Å². The van der Waals surface area contributed by atoms with Crippen molar-refractivity contribution >= 4 is 11.6 Å². The summed E-state index contributed by atoms with van der Waals surface area (Å²) in [5.74, 6) is -0.0737. The lowest BCUT2D eigenvalue weighted by Crippen LogP contribution is -2.19. The van der Waals surface area contributed by atoms with Crippen LogP contribution in [0.15, 0.2) is 76.4 Å². The van der Waals surface area contributed by atoms with Gasteiger partial charge < -0.3 is 13.7 Å². The molecule has 3 aromatic heterocycles. The van der Waals surface area contributed by atoms with Crippen molar-refractivity contribution in [3.8, 4) is 28.5 Å². The van der Waals surface area contributed by atoms with Crippen molar-refractivity contribution in [2.75, 3.05) is 0 Å². The highest BCUT2D eigenvalue weighted by Gasteiger charge is 2.31. The minimum atomic E-state index is -4.76. The maximum atomic E-state index is 12.3. The van der Waals surface area contributed by atoms with Crippen LogP contribution >= 0.6 is 11.6 Å². The first-order valence-electron chi connectivity index (χ1n) is 8.90. The molecule has 158 valence electrons. The third-order valence-electron chi connectivity index (χ3n) is 4.26. The van der Waals surface area contributed by atoms with Gasteiger partial charge in [0.25, 0.3) is 5.56 Å². The smallest absolute Gasteiger partial charge is 0.444 e. The normalized spacial score (nSPS) is 11.5. The molecule has 0 N–H and O–H groups in total. The summed E-state index contributed by atoms with van der Waals surface area (Å²) < 4.78 is 47.7. The lowest BCUT2D eigenvalue weighted by atomic mass is 10.1. The summed E-state index contributed by atoms with van der Waals surface area (Å²) in [6.07, 6.45) is -0.217. The predicted molar refractivity (Wildman–Crippen MR) is 107 cm³/mol. The minimum absolute atomic E-state index is 0.219. The van der Waals surface area contributed by atoms with Gasteiger partial charge in [0.2, 0.25) is 5.89 Å². The molecule has 0 unspecified atom stereocenters. The number of aromatic nitrogens is 3. The molecular formula is C21H13ClF3N3O3. The molecular weight excluding hydrogens is 435 g/mol. The van der Waals surface area contributed by atoms with E-state index < -0.39 is 6.36 Å². The molecule has 0 bridgehead atoms. The van der Waals surface area contributed by atoms with Gasteiger partial charge in [0.15, 0.2) is 0 Å². The molecule has 1 aromatic carbocycles. The van der Waals surface area contributed by atoms with Gasteiger partial charge in [-0.3, -0.25) is 4.79 Å². The molecule has 0 saturated heterocycles. The molecule has 0 radical (unpaired) electrons. The number of benzene rings is 1. The lowest BCUT2D eigenvalue weighted by Gasteiger charge is -2.08. The molecule has 0 aliphatic rings. The second-order valence-electron chi connectivity index (χ2n) is 6.48. The predicted octanol–water partition coefficient (Wildman–Crippen LogP) is 5.17. The van der Waals surface area contributed by atoms with Crippen molar-refractivity contribution in [2.24, 2.45) is 0 Å². The summed E-state index contributed by atoms with van der Waals surface area (Å²) in [5, 5.41) is 0.325. The van der Waals surface area contributed by atoms with E-state index in [4.69, 9.17) is 16.0 Å². The van der Waals surface area contributed by atoms with Crippen LogP contribution in [-0.4, -0.2) is 20.9 Å². The maximum Gasteiger partial charge on any atom is 0.573 e. The van der Waals surface area contributed by atoms with Gasteiger partial charge in [-0.25, -0.2) is 9.97 Å². The molecule has 0 aliphatic carbocycles. The highest BCUT2D eigenvalue weighted by molar-refractivity contribution is 6.29. The monoisotopic (exact) mass is 447 g/mol. The van der Waals surface area contributed by atoms with Crippen molar-refractivity contribution in [1.29, 1.82) is 0 Å². The molecule has 0 spiro atoms. The summed E-state index contributed by atoms with van der Waals surface area (Å²) >= 11 is 5.89. The van der Waals surface area contributed by atoms with Gasteiger partial charge in [-0.15, -0.1) is 13.2 Å². The summed E-state index contributed by atoms with van der Waals surface area (Å²) in [4.78, 5) is 20.5. The minimum Gasteiger partial charge on any atom is -0.444 e. The van der Waals surface area contributed by atoms with E-state index in [9.17, 15) is 18.0 Å². The molecule has 3 heterocycles. The zero-order valence-electron chi connectivity index (χ0n) is 15.6. The average molecular weight is 448 g/mol. The number of pyridine rings is 2. The van der Waals surface area contributed by atoms with Crippen LogP contribution in [0.5, 0.6) is 5.75 Å². The van der Waals surface area contributed by atoms with Gasteiger partial charge in [-0.1, -0.05) is 11.6 Å². The highest BCUT2D eigenvalue weighted by atomic mass is 35.5. The molecule has 0 fully saturated rings. The molecule has 4 aromatic rings. The Morgan fingerprint density at radius 1 is 1.06 bits per heavy atom. The van der Waals surface area contributed by atoms with Crippen LogP contribution in [0.1, 0.15) is 5.56 Å². The largest absolute Gasteiger partial charge is 0.573 e. The third kappa shape index (κ3) is 5.13. The maximum absolute atomic E-state index is 12.3. The Kier molecular flexibility index (Phi) is 5.51. The Labute approximate surface area is 178 Å². The van der Waals surface area contributed by atoms with Crippen LogP contribution in [0.2, 0.25) is 5.15 Å². The third-order valence-corrected chi connectivity index (χ3v) is 4.47. The highest BCUT2D eigenvalue weighted by Crippen LogP contribution is 2.28. The van der Waals surface area contributed by atoms with Crippen molar-refractivity contribution < 1.29 is 22.3 Å². The van der Waals surface area contributed by atoms with Crippen LogP contribution in [0.4, 0.5) is 13.2 Å². The Bertz CT molecular complexity index is 1270. The fraction of sp³-hybridized carbons (Fsp3) is 0.0952. The average Bonchev–Trinajstić information content (AvgIpc) is 3.19. The number of hydrogen-bond acceptors (Lipinski definition) is 5. The number of ether oxygens (including phenoxy) is 1. The molecule has 0 atom stereocenters. The quantitative estimate of drug-likeness (QED) is 0.395. The number of oxazole rings is 1. The first-order chi connectivity index (χ1) is 14.8. The first kappa shape index (κ1) is 20.7. The molecule has 4 rings (SSSR count). The van der Waals surface area contributed by atoms with Crippen LogP contribution in [0.25, 0.3) is 22.7 Å². The van der Waals surface area contributed by atoms with E-state index in [1.807, 2.05) is 0 Å². The summed E-state index contributed by atoms with van der Waals surface area (Å²) in [6, 6.07) is 11.7. The van der Waals surface area contributed by atoms with E-state index in [0.29, 0.717) is 22.0 Å². The fourth-order valence-electron chi connectivity index (χ4n) is 2.89. The van der Waals surface area contributed by atoms with Crippen molar-refractivity contribution in [2.45, 2.75) is 12.9 Å². The number of nitrogens with zero attached hydrogens (tertiary/aromatic N) is 3. The molecule has 31 heavy (non-hydrogen) atoms. The van der Waals surface area contributed by atoms with E-state index >= 15 is 0 Å². The van der Waals surface area contributed by atoms with Gasteiger partial charge in [0.05, 0.1) is 12.1 Å². The molecule has 0 saturated carbocycles. The number of halogens is 4. The van der Waals surface area contributed by atoms with E-state index in [1.54, 1.807) is 30.6 Å².